The lowest BCUT2D eigenvalue weighted by molar-refractivity contribution is -0.126. The molecule has 0 saturated carbocycles. The van der Waals surface area contributed by atoms with Crippen LogP contribution in [0.25, 0.3) is 6.08 Å². The first-order valence-electron chi connectivity index (χ1n) is 13.9. The maximum atomic E-state index is 13.9. The van der Waals surface area contributed by atoms with Gasteiger partial charge in [-0.1, -0.05) is 109 Å². The standard InChI is InChI=1S/C35H32ClN3O5S/c1-5-7-18-26(6-2)39-34(42)27(19-23-20-28(36)32(44-4)29(21-23)43-3)33(41)38-35(39)45-22-30(40)37-31(24-14-10-8-11-15-24)25-16-12-9-13-17-25/h5-21,31H,1,22H2,2-4H3,(H,37,40)/b18-7-,26-6+,27-19+. The third kappa shape index (κ3) is 8.00. The molecule has 0 atom stereocenters. The normalized spacial score (nSPS) is 14.6. The van der Waals surface area contributed by atoms with Crippen LogP contribution in [0.5, 0.6) is 11.5 Å². The molecule has 0 saturated heterocycles. The van der Waals surface area contributed by atoms with Gasteiger partial charge in [-0.3, -0.25) is 19.3 Å². The van der Waals surface area contributed by atoms with Crippen molar-refractivity contribution in [2.45, 2.75) is 13.0 Å². The van der Waals surface area contributed by atoms with Crippen molar-refractivity contribution in [3.63, 3.8) is 0 Å². The maximum absolute atomic E-state index is 13.9. The van der Waals surface area contributed by atoms with Gasteiger partial charge in [0.15, 0.2) is 16.7 Å². The lowest BCUT2D eigenvalue weighted by Gasteiger charge is -2.28. The fraction of sp³-hybridized carbons (Fsp3) is 0.143. The van der Waals surface area contributed by atoms with Gasteiger partial charge in [0.05, 0.1) is 31.0 Å². The van der Waals surface area contributed by atoms with Crippen LogP contribution in [0.3, 0.4) is 0 Å². The lowest BCUT2D eigenvalue weighted by atomic mass is 9.99. The van der Waals surface area contributed by atoms with Crippen molar-refractivity contribution in [3.05, 3.63) is 137 Å². The topological polar surface area (TPSA) is 97.3 Å². The molecule has 3 amide bonds. The number of hydrogen-bond acceptors (Lipinski definition) is 6. The summed E-state index contributed by atoms with van der Waals surface area (Å²) < 4.78 is 10.7. The van der Waals surface area contributed by atoms with Gasteiger partial charge in [0.1, 0.15) is 5.57 Å². The van der Waals surface area contributed by atoms with E-state index in [0.29, 0.717) is 22.8 Å². The minimum Gasteiger partial charge on any atom is -0.493 e. The van der Waals surface area contributed by atoms with E-state index in [4.69, 9.17) is 21.1 Å². The number of amidine groups is 1. The van der Waals surface area contributed by atoms with E-state index < -0.39 is 17.9 Å². The summed E-state index contributed by atoms with van der Waals surface area (Å²) in [5.74, 6) is -1.10. The van der Waals surface area contributed by atoms with E-state index >= 15 is 0 Å². The smallest absolute Gasteiger partial charge is 0.285 e. The molecule has 0 aromatic heterocycles. The number of benzene rings is 3. The summed E-state index contributed by atoms with van der Waals surface area (Å²) >= 11 is 7.35. The van der Waals surface area contributed by atoms with E-state index in [2.05, 4.69) is 16.9 Å². The zero-order chi connectivity index (χ0) is 32.3. The number of amides is 3. The van der Waals surface area contributed by atoms with Crippen molar-refractivity contribution < 1.29 is 23.9 Å². The van der Waals surface area contributed by atoms with Crippen LogP contribution in [0.1, 0.15) is 29.7 Å². The highest BCUT2D eigenvalue weighted by Gasteiger charge is 2.35. The van der Waals surface area contributed by atoms with Crippen LogP contribution in [0.4, 0.5) is 0 Å². The Morgan fingerprint density at radius 1 is 1.04 bits per heavy atom. The molecule has 1 aliphatic rings. The molecule has 0 bridgehead atoms. The molecular formula is C35H32ClN3O5S. The van der Waals surface area contributed by atoms with Gasteiger partial charge in [0, 0.05) is 5.70 Å². The molecule has 8 nitrogen and oxygen atoms in total. The summed E-state index contributed by atoms with van der Waals surface area (Å²) in [5, 5.41) is 3.39. The Kier molecular flexibility index (Phi) is 11.6. The van der Waals surface area contributed by atoms with Crippen molar-refractivity contribution in [3.8, 4) is 11.5 Å². The molecule has 230 valence electrons. The van der Waals surface area contributed by atoms with Crippen LogP contribution >= 0.6 is 23.4 Å². The second-order valence-corrected chi connectivity index (χ2v) is 10.9. The van der Waals surface area contributed by atoms with Gasteiger partial charge in [-0.25, -0.2) is 0 Å². The molecule has 10 heteroatoms. The first kappa shape index (κ1) is 33.0. The molecule has 0 fully saturated rings. The Morgan fingerprint density at radius 2 is 1.69 bits per heavy atom. The van der Waals surface area contributed by atoms with Crippen LogP contribution in [-0.2, 0) is 14.4 Å². The molecule has 4 rings (SSSR count). The predicted molar refractivity (Wildman–Crippen MR) is 180 cm³/mol. The fourth-order valence-electron chi connectivity index (χ4n) is 4.58. The minimum absolute atomic E-state index is 0.0698. The molecule has 3 aromatic rings. The molecule has 0 aliphatic carbocycles. The first-order valence-corrected chi connectivity index (χ1v) is 15.3. The maximum Gasteiger partial charge on any atom is 0.285 e. The van der Waals surface area contributed by atoms with Crippen LogP contribution in [0.2, 0.25) is 5.02 Å². The highest BCUT2D eigenvalue weighted by molar-refractivity contribution is 8.14. The Bertz CT molecular complexity index is 1660. The number of ether oxygens (including phenoxy) is 2. The molecule has 0 spiro atoms. The minimum atomic E-state index is -0.750. The molecular weight excluding hydrogens is 610 g/mol. The first-order chi connectivity index (χ1) is 21.8. The average molecular weight is 642 g/mol. The Morgan fingerprint density at radius 3 is 2.24 bits per heavy atom. The van der Waals surface area contributed by atoms with E-state index in [1.165, 1.54) is 25.2 Å². The average Bonchev–Trinajstić information content (AvgIpc) is 3.06. The number of methoxy groups -OCH3 is 2. The molecule has 1 aliphatic heterocycles. The molecule has 3 aromatic carbocycles. The predicted octanol–water partition coefficient (Wildman–Crippen LogP) is 6.75. The molecule has 0 radical (unpaired) electrons. The lowest BCUT2D eigenvalue weighted by Crippen LogP contribution is -2.42. The van der Waals surface area contributed by atoms with Gasteiger partial charge in [0.25, 0.3) is 11.8 Å². The number of carbonyl (C=O) groups is 3. The van der Waals surface area contributed by atoms with Crippen molar-refractivity contribution in [2.75, 3.05) is 20.0 Å². The molecule has 1 heterocycles. The molecule has 1 N–H and O–H groups in total. The highest BCUT2D eigenvalue weighted by atomic mass is 35.5. The number of halogens is 1. The number of aliphatic imine (C=N–C) groups is 1. The van der Waals surface area contributed by atoms with Crippen molar-refractivity contribution in [2.24, 2.45) is 4.99 Å². The van der Waals surface area contributed by atoms with Gasteiger partial charge in [-0.15, -0.1) is 0 Å². The summed E-state index contributed by atoms with van der Waals surface area (Å²) in [6, 6.07) is 22.0. The van der Waals surface area contributed by atoms with Crippen molar-refractivity contribution in [1.29, 1.82) is 0 Å². The van der Waals surface area contributed by atoms with E-state index in [1.807, 2.05) is 60.7 Å². The SMILES string of the molecule is C=C/C=C\C(=C/C)N1C(=O)/C(=C/c2cc(Cl)c(OC)c(OC)c2)C(=O)N=C1SCC(=O)NC(c1ccccc1)c1ccccc1. The summed E-state index contributed by atoms with van der Waals surface area (Å²) in [6.45, 7) is 5.46. The van der Waals surface area contributed by atoms with Gasteiger partial charge in [-0.05, 0) is 47.9 Å². The summed E-state index contributed by atoms with van der Waals surface area (Å²) in [6.07, 6.45) is 8.00. The zero-order valence-corrected chi connectivity index (χ0v) is 26.6. The Labute approximate surface area is 271 Å². The fourth-order valence-corrected chi connectivity index (χ4v) is 5.69. The third-order valence-electron chi connectivity index (χ3n) is 6.68. The third-order valence-corrected chi connectivity index (χ3v) is 7.90. The number of nitrogens with zero attached hydrogens (tertiary/aromatic N) is 2. The van der Waals surface area contributed by atoms with Gasteiger partial charge in [0.2, 0.25) is 5.91 Å². The second-order valence-electron chi connectivity index (χ2n) is 9.56. The summed E-state index contributed by atoms with van der Waals surface area (Å²) in [4.78, 5) is 46.1. The quantitative estimate of drug-likeness (QED) is 0.141. The number of allylic oxidation sites excluding steroid dienone is 4. The van der Waals surface area contributed by atoms with Gasteiger partial charge in [-0.2, -0.15) is 4.99 Å². The van der Waals surface area contributed by atoms with Gasteiger partial charge >= 0.3 is 0 Å². The van der Waals surface area contributed by atoms with Crippen LogP contribution in [0.15, 0.2) is 120 Å². The van der Waals surface area contributed by atoms with Crippen LogP contribution in [0, 0.1) is 0 Å². The number of carbonyl (C=O) groups excluding carboxylic acids is 3. The largest absolute Gasteiger partial charge is 0.493 e. The Hall–Kier alpha value is -4.86. The van der Waals surface area contributed by atoms with Gasteiger partial charge < -0.3 is 14.8 Å². The zero-order valence-electron chi connectivity index (χ0n) is 25.0. The van der Waals surface area contributed by atoms with E-state index in [1.54, 1.807) is 43.4 Å². The number of rotatable bonds is 11. The van der Waals surface area contributed by atoms with Crippen LogP contribution < -0.4 is 14.8 Å². The molecule has 0 unspecified atom stereocenters. The molecule has 45 heavy (non-hydrogen) atoms. The van der Waals surface area contributed by atoms with Crippen molar-refractivity contribution >= 4 is 52.3 Å². The second kappa shape index (κ2) is 15.7. The summed E-state index contributed by atoms with van der Waals surface area (Å²) in [5.41, 5.74) is 2.53. The Balaban J connectivity index is 1.65. The monoisotopic (exact) mass is 641 g/mol. The number of nitrogens with one attached hydrogen (secondary N) is 1. The number of thioether (sulfide) groups is 1. The number of hydrogen-bond donors (Lipinski definition) is 1. The highest BCUT2D eigenvalue weighted by Crippen LogP contribution is 2.37. The van der Waals surface area contributed by atoms with Crippen molar-refractivity contribution in [1.82, 2.24) is 10.2 Å². The van der Waals surface area contributed by atoms with E-state index in [0.717, 1.165) is 22.9 Å². The summed E-state index contributed by atoms with van der Waals surface area (Å²) in [7, 11) is 2.92. The van der Waals surface area contributed by atoms with E-state index in [9.17, 15) is 14.4 Å². The van der Waals surface area contributed by atoms with E-state index in [-0.39, 0.29) is 27.4 Å². The van der Waals surface area contributed by atoms with Crippen LogP contribution in [-0.4, -0.2) is 47.8 Å².